The number of nitrogens with two attached hydrogens (primary N) is 1. The van der Waals surface area contributed by atoms with Crippen LogP contribution in [0.15, 0.2) is 23.4 Å². The summed E-state index contributed by atoms with van der Waals surface area (Å²) >= 11 is 0. The van der Waals surface area contributed by atoms with E-state index in [1.165, 1.54) is 13.2 Å². The topological polar surface area (TPSA) is 79.9 Å². The molecule has 1 aromatic rings. The molecule has 1 aromatic carbocycles. The van der Waals surface area contributed by atoms with Gasteiger partial charge in [-0.3, -0.25) is 0 Å². The Kier molecular flexibility index (Phi) is 5.06. The van der Waals surface area contributed by atoms with E-state index in [1.54, 1.807) is 12.1 Å². The number of anilines is 1. The smallest absolute Gasteiger partial charge is 0.146 e. The van der Waals surface area contributed by atoms with Gasteiger partial charge in [-0.1, -0.05) is 5.16 Å². The molecule has 0 aliphatic carbocycles. The maximum Gasteiger partial charge on any atom is 0.146 e. The number of rotatable bonds is 6. The number of benzene rings is 1. The number of halogens is 1. The zero-order valence-electron chi connectivity index (χ0n) is 9.61. The van der Waals surface area contributed by atoms with E-state index in [2.05, 4.69) is 10.5 Å². The van der Waals surface area contributed by atoms with Crippen LogP contribution >= 0.6 is 0 Å². The van der Waals surface area contributed by atoms with E-state index in [9.17, 15) is 4.39 Å². The Morgan fingerprint density at radius 1 is 1.59 bits per heavy atom. The normalized spacial score (nSPS) is 11.3. The number of ether oxygens (including phenoxy) is 1. The third kappa shape index (κ3) is 4.18. The van der Waals surface area contributed by atoms with Gasteiger partial charge in [-0.2, -0.15) is 0 Å². The highest BCUT2D eigenvalue weighted by Gasteiger charge is 2.03. The minimum atomic E-state index is -0.338. The molecular weight excluding hydrogens is 225 g/mol. The molecule has 0 aliphatic heterocycles. The first-order valence-electron chi connectivity index (χ1n) is 5.21. The molecule has 0 saturated carbocycles. The molecule has 0 heterocycles. The fourth-order valence-corrected chi connectivity index (χ4v) is 1.31. The maximum atomic E-state index is 13.4. The molecule has 0 aromatic heterocycles. The molecular formula is C11H16FN3O2. The minimum absolute atomic E-state index is 0.165. The molecule has 0 bridgehead atoms. The lowest BCUT2D eigenvalue weighted by Crippen LogP contribution is -2.13. The Morgan fingerprint density at radius 2 is 2.35 bits per heavy atom. The van der Waals surface area contributed by atoms with Crippen LogP contribution in [0.1, 0.15) is 12.8 Å². The average Bonchev–Trinajstić information content (AvgIpc) is 2.36. The average molecular weight is 241 g/mol. The molecule has 0 aliphatic rings. The summed E-state index contributed by atoms with van der Waals surface area (Å²) in [5.74, 6) is 0.415. The van der Waals surface area contributed by atoms with E-state index in [-0.39, 0.29) is 11.7 Å². The molecule has 6 heteroatoms. The molecule has 0 radical (unpaired) electrons. The van der Waals surface area contributed by atoms with Crippen LogP contribution in [-0.4, -0.2) is 24.7 Å². The van der Waals surface area contributed by atoms with Gasteiger partial charge in [0.15, 0.2) is 0 Å². The van der Waals surface area contributed by atoms with Gasteiger partial charge in [0.1, 0.15) is 17.4 Å². The molecule has 0 fully saturated rings. The van der Waals surface area contributed by atoms with Crippen molar-refractivity contribution >= 4 is 11.5 Å². The first-order chi connectivity index (χ1) is 8.17. The highest BCUT2D eigenvalue weighted by molar-refractivity contribution is 5.79. The van der Waals surface area contributed by atoms with Gasteiger partial charge in [-0.25, -0.2) is 4.39 Å². The van der Waals surface area contributed by atoms with E-state index < -0.39 is 0 Å². The first-order valence-corrected chi connectivity index (χ1v) is 5.21. The summed E-state index contributed by atoms with van der Waals surface area (Å²) in [4.78, 5) is 0. The predicted octanol–water partition coefficient (Wildman–Crippen LogP) is 1.77. The molecule has 17 heavy (non-hydrogen) atoms. The zero-order chi connectivity index (χ0) is 12.7. The minimum Gasteiger partial charge on any atom is -0.497 e. The van der Waals surface area contributed by atoms with Gasteiger partial charge >= 0.3 is 0 Å². The summed E-state index contributed by atoms with van der Waals surface area (Å²) in [5.41, 5.74) is 5.68. The summed E-state index contributed by atoms with van der Waals surface area (Å²) in [6.45, 7) is 0.528. The monoisotopic (exact) mass is 241 g/mol. The summed E-state index contributed by atoms with van der Waals surface area (Å²) in [6, 6.07) is 4.47. The number of hydrogen-bond acceptors (Lipinski definition) is 4. The number of oxime groups is 1. The highest BCUT2D eigenvalue weighted by Crippen LogP contribution is 2.20. The summed E-state index contributed by atoms with van der Waals surface area (Å²) in [5, 5.41) is 14.1. The Morgan fingerprint density at radius 3 is 3.00 bits per heavy atom. The Bertz CT molecular complexity index is 396. The van der Waals surface area contributed by atoms with Gasteiger partial charge in [-0.15, -0.1) is 0 Å². The van der Waals surface area contributed by atoms with Gasteiger partial charge in [0.2, 0.25) is 0 Å². The van der Waals surface area contributed by atoms with Crippen LogP contribution in [0.5, 0.6) is 5.75 Å². The Labute approximate surface area is 99.1 Å². The van der Waals surface area contributed by atoms with Crippen LogP contribution in [0.25, 0.3) is 0 Å². The lowest BCUT2D eigenvalue weighted by molar-refractivity contribution is 0.316. The Balaban J connectivity index is 2.46. The second-order valence-corrected chi connectivity index (χ2v) is 3.47. The van der Waals surface area contributed by atoms with E-state index in [0.717, 1.165) is 0 Å². The predicted molar refractivity (Wildman–Crippen MR) is 64.1 cm³/mol. The van der Waals surface area contributed by atoms with Gasteiger partial charge < -0.3 is 21.0 Å². The van der Waals surface area contributed by atoms with Crippen molar-refractivity contribution in [2.24, 2.45) is 10.9 Å². The van der Waals surface area contributed by atoms with Crippen LogP contribution in [0.3, 0.4) is 0 Å². The Hall–Kier alpha value is -1.98. The van der Waals surface area contributed by atoms with Crippen LogP contribution in [0.4, 0.5) is 10.1 Å². The second-order valence-electron chi connectivity index (χ2n) is 3.47. The van der Waals surface area contributed by atoms with Gasteiger partial charge in [0, 0.05) is 19.0 Å². The SMILES string of the molecule is COc1ccc(F)c(NCCCC(N)=NO)c1. The van der Waals surface area contributed by atoms with Crippen molar-refractivity contribution in [3.63, 3.8) is 0 Å². The summed E-state index contributed by atoms with van der Waals surface area (Å²) in [7, 11) is 1.52. The molecule has 1 rings (SSSR count). The summed E-state index contributed by atoms with van der Waals surface area (Å²) < 4.78 is 18.3. The second kappa shape index (κ2) is 6.57. The molecule has 0 amide bonds. The van der Waals surface area contributed by atoms with Crippen molar-refractivity contribution in [1.29, 1.82) is 0 Å². The van der Waals surface area contributed by atoms with Gasteiger partial charge in [0.25, 0.3) is 0 Å². The number of hydrogen-bond donors (Lipinski definition) is 3. The molecule has 0 spiro atoms. The lowest BCUT2D eigenvalue weighted by Gasteiger charge is -2.08. The van der Waals surface area contributed by atoms with Crippen molar-refractivity contribution in [3.05, 3.63) is 24.0 Å². The van der Waals surface area contributed by atoms with Crippen molar-refractivity contribution in [2.75, 3.05) is 19.0 Å². The molecule has 4 N–H and O–H groups in total. The van der Waals surface area contributed by atoms with Crippen LogP contribution < -0.4 is 15.8 Å². The fourth-order valence-electron chi connectivity index (χ4n) is 1.31. The van der Waals surface area contributed by atoms with Crippen LogP contribution in [0.2, 0.25) is 0 Å². The van der Waals surface area contributed by atoms with E-state index in [1.807, 2.05) is 0 Å². The highest BCUT2D eigenvalue weighted by atomic mass is 19.1. The third-order valence-corrected chi connectivity index (χ3v) is 2.23. The largest absolute Gasteiger partial charge is 0.497 e. The number of nitrogens with zero attached hydrogens (tertiary/aromatic N) is 1. The van der Waals surface area contributed by atoms with Crippen LogP contribution in [0, 0.1) is 5.82 Å². The van der Waals surface area contributed by atoms with Crippen molar-refractivity contribution in [1.82, 2.24) is 0 Å². The van der Waals surface area contributed by atoms with Crippen LogP contribution in [-0.2, 0) is 0 Å². The lowest BCUT2D eigenvalue weighted by atomic mass is 10.2. The van der Waals surface area contributed by atoms with Crippen molar-refractivity contribution in [2.45, 2.75) is 12.8 Å². The van der Waals surface area contributed by atoms with E-state index in [0.29, 0.717) is 30.8 Å². The number of nitrogens with one attached hydrogen (secondary N) is 1. The van der Waals surface area contributed by atoms with Gasteiger partial charge in [-0.05, 0) is 18.6 Å². The van der Waals surface area contributed by atoms with E-state index >= 15 is 0 Å². The number of methoxy groups -OCH3 is 1. The molecule has 0 atom stereocenters. The summed E-state index contributed by atoms with van der Waals surface area (Å²) in [6.07, 6.45) is 1.10. The molecule has 5 nitrogen and oxygen atoms in total. The molecule has 94 valence electrons. The number of amidine groups is 1. The zero-order valence-corrected chi connectivity index (χ0v) is 9.61. The van der Waals surface area contributed by atoms with Crippen molar-refractivity contribution in [3.8, 4) is 5.75 Å². The standard InChI is InChI=1S/C11H16FN3O2/c1-17-8-4-5-9(12)10(7-8)14-6-2-3-11(13)15-16/h4-5,7,14,16H,2-3,6H2,1H3,(H2,13,15). The van der Waals surface area contributed by atoms with Crippen molar-refractivity contribution < 1.29 is 14.3 Å². The van der Waals surface area contributed by atoms with E-state index in [4.69, 9.17) is 15.7 Å². The maximum absolute atomic E-state index is 13.4. The third-order valence-electron chi connectivity index (χ3n) is 2.23. The molecule has 0 saturated heterocycles. The quantitative estimate of drug-likeness (QED) is 0.233. The first kappa shape index (κ1) is 13.1. The van der Waals surface area contributed by atoms with Gasteiger partial charge in [0.05, 0.1) is 12.8 Å². The molecule has 0 unspecified atom stereocenters. The fraction of sp³-hybridized carbons (Fsp3) is 0.364.